The number of rotatable bonds is 13. The van der Waals surface area contributed by atoms with Crippen LogP contribution < -0.4 is 14.4 Å². The van der Waals surface area contributed by atoms with Gasteiger partial charge in [-0.25, -0.2) is 8.42 Å². The van der Waals surface area contributed by atoms with Gasteiger partial charge in [0.15, 0.2) is 0 Å². The van der Waals surface area contributed by atoms with Gasteiger partial charge in [0.25, 0.3) is 10.0 Å². The second kappa shape index (κ2) is 15.3. The normalized spacial score (nSPS) is 12.0. The van der Waals surface area contributed by atoms with Crippen molar-refractivity contribution >= 4 is 39.1 Å². The second-order valence-electron chi connectivity index (χ2n) is 11.5. The minimum absolute atomic E-state index is 0.0154. The van der Waals surface area contributed by atoms with E-state index in [0.717, 1.165) is 26.6 Å². The second-order valence-corrected chi connectivity index (χ2v) is 13.7. The van der Waals surface area contributed by atoms with Crippen LogP contribution in [0.3, 0.4) is 0 Å². The number of halogens is 1. The summed E-state index contributed by atoms with van der Waals surface area (Å²) in [5.74, 6) is -0.522. The van der Waals surface area contributed by atoms with Crippen LogP contribution in [0.25, 0.3) is 0 Å². The number of carbonyl (C=O) groups excluding carboxylic acids is 2. The quantitative estimate of drug-likeness (QED) is 0.181. The van der Waals surface area contributed by atoms with Gasteiger partial charge < -0.3 is 15.0 Å². The number of amides is 2. The summed E-state index contributed by atoms with van der Waals surface area (Å²) in [6.45, 7) is 7.02. The van der Waals surface area contributed by atoms with E-state index in [0.29, 0.717) is 5.75 Å². The first-order chi connectivity index (χ1) is 21.9. The number of benzene rings is 4. The molecule has 1 N–H and O–H groups in total. The van der Waals surface area contributed by atoms with Crippen molar-refractivity contribution in [2.24, 2.45) is 0 Å². The molecule has 0 saturated heterocycles. The summed E-state index contributed by atoms with van der Waals surface area (Å²) < 4.78 is 34.8. The fourth-order valence-corrected chi connectivity index (χ4v) is 6.74. The Kier molecular flexibility index (Phi) is 11.5. The SMILES string of the molecule is COc1ccc(N(CC(=O)N(Cc2ccccc2C)[C@H](Cc2ccccc2)C(=O)NC(C)C)S(=O)(=O)c2ccc(C)cc2)cc1Cl. The Hall–Kier alpha value is -4.34. The van der Waals surface area contributed by atoms with Gasteiger partial charge in [-0.1, -0.05) is 83.9 Å². The number of nitrogens with zero attached hydrogens (tertiary/aromatic N) is 2. The largest absolute Gasteiger partial charge is 0.495 e. The Labute approximate surface area is 277 Å². The van der Waals surface area contributed by atoms with Crippen molar-refractivity contribution in [2.75, 3.05) is 18.0 Å². The smallest absolute Gasteiger partial charge is 0.264 e. The van der Waals surface area contributed by atoms with Gasteiger partial charge >= 0.3 is 0 Å². The number of hydrogen-bond acceptors (Lipinski definition) is 5. The molecule has 0 heterocycles. The molecule has 0 spiro atoms. The van der Waals surface area contributed by atoms with Crippen LogP contribution in [0, 0.1) is 13.8 Å². The standard InChI is InChI=1S/C36H40ClN3O5S/c1-25(2)38-36(42)33(21-28-12-7-6-8-13-28)39(23-29-14-10-9-11-27(29)4)35(41)24-40(30-17-20-34(45-5)32(37)22-30)46(43,44)31-18-15-26(3)16-19-31/h6-20,22,25,33H,21,23-24H2,1-5H3,(H,38,42)/t33-/m1/s1. The molecule has 46 heavy (non-hydrogen) atoms. The van der Waals surface area contributed by atoms with Crippen molar-refractivity contribution in [2.45, 2.75) is 57.6 Å². The first-order valence-corrected chi connectivity index (χ1v) is 16.8. The van der Waals surface area contributed by atoms with Crippen molar-refractivity contribution in [3.63, 3.8) is 0 Å². The van der Waals surface area contributed by atoms with Crippen molar-refractivity contribution in [3.05, 3.63) is 124 Å². The minimum Gasteiger partial charge on any atom is -0.495 e. The van der Waals surface area contributed by atoms with E-state index >= 15 is 0 Å². The molecule has 0 saturated carbocycles. The molecule has 10 heteroatoms. The molecule has 8 nitrogen and oxygen atoms in total. The molecule has 0 unspecified atom stereocenters. The molecule has 4 aromatic rings. The number of aryl methyl sites for hydroxylation is 2. The summed E-state index contributed by atoms with van der Waals surface area (Å²) in [6, 6.07) is 26.9. The third-order valence-corrected chi connectivity index (χ3v) is 9.70. The Bertz CT molecular complexity index is 1760. The number of methoxy groups -OCH3 is 1. The number of nitrogens with one attached hydrogen (secondary N) is 1. The van der Waals surface area contributed by atoms with Gasteiger partial charge in [-0.2, -0.15) is 0 Å². The minimum atomic E-state index is -4.25. The molecule has 1 atom stereocenters. The van der Waals surface area contributed by atoms with E-state index in [9.17, 15) is 18.0 Å². The van der Waals surface area contributed by atoms with E-state index < -0.39 is 28.5 Å². The summed E-state index contributed by atoms with van der Waals surface area (Å²) >= 11 is 6.45. The van der Waals surface area contributed by atoms with Crippen molar-refractivity contribution in [3.8, 4) is 5.75 Å². The van der Waals surface area contributed by atoms with Gasteiger partial charge in [0.1, 0.15) is 18.3 Å². The zero-order valence-corrected chi connectivity index (χ0v) is 28.3. The van der Waals surface area contributed by atoms with Crippen LogP contribution in [0.4, 0.5) is 5.69 Å². The highest BCUT2D eigenvalue weighted by atomic mass is 35.5. The molecule has 0 radical (unpaired) electrons. The van der Waals surface area contributed by atoms with E-state index in [4.69, 9.17) is 16.3 Å². The first kappa shape index (κ1) is 34.5. The Morgan fingerprint density at radius 1 is 0.891 bits per heavy atom. The molecule has 242 valence electrons. The fraction of sp³-hybridized carbons (Fsp3) is 0.278. The molecule has 0 aliphatic rings. The van der Waals surface area contributed by atoms with Crippen molar-refractivity contribution in [1.29, 1.82) is 0 Å². The summed E-state index contributed by atoms with van der Waals surface area (Å²) in [4.78, 5) is 29.9. The summed E-state index contributed by atoms with van der Waals surface area (Å²) in [7, 11) is -2.79. The van der Waals surface area contributed by atoms with Crippen LogP contribution in [0.15, 0.2) is 102 Å². The first-order valence-electron chi connectivity index (χ1n) is 15.0. The summed E-state index contributed by atoms with van der Waals surface area (Å²) in [5, 5.41) is 3.16. The number of carbonyl (C=O) groups is 2. The zero-order chi connectivity index (χ0) is 33.4. The van der Waals surface area contributed by atoms with E-state index in [2.05, 4.69) is 5.32 Å². The van der Waals surface area contributed by atoms with E-state index in [1.54, 1.807) is 24.3 Å². The van der Waals surface area contributed by atoms with Gasteiger partial charge in [-0.05, 0) is 74.7 Å². The van der Waals surface area contributed by atoms with Crippen molar-refractivity contribution < 1.29 is 22.7 Å². The number of sulfonamides is 1. The molecule has 4 aromatic carbocycles. The average molecular weight is 662 g/mol. The van der Waals surface area contributed by atoms with Crippen molar-refractivity contribution in [1.82, 2.24) is 10.2 Å². The maximum atomic E-state index is 14.6. The van der Waals surface area contributed by atoms with Gasteiger partial charge in [0.05, 0.1) is 22.7 Å². The van der Waals surface area contributed by atoms with Crippen LogP contribution in [0.2, 0.25) is 5.02 Å². The van der Waals surface area contributed by atoms with Crippen LogP contribution in [0.1, 0.15) is 36.1 Å². The molecule has 0 aliphatic heterocycles. The van der Waals surface area contributed by atoms with E-state index in [1.165, 1.54) is 30.2 Å². The van der Waals surface area contributed by atoms with Gasteiger partial charge in [0, 0.05) is 19.0 Å². The highest BCUT2D eigenvalue weighted by Gasteiger charge is 2.35. The molecule has 0 fully saturated rings. The molecule has 4 rings (SSSR count). The maximum absolute atomic E-state index is 14.6. The van der Waals surface area contributed by atoms with Crippen LogP contribution >= 0.6 is 11.6 Å². The van der Waals surface area contributed by atoms with E-state index in [1.807, 2.05) is 82.3 Å². The fourth-order valence-electron chi connectivity index (χ4n) is 5.08. The van der Waals surface area contributed by atoms with Gasteiger partial charge in [-0.15, -0.1) is 0 Å². The third-order valence-electron chi connectivity index (χ3n) is 7.62. The Balaban J connectivity index is 1.84. The van der Waals surface area contributed by atoms with Crippen LogP contribution in [-0.2, 0) is 32.6 Å². The molecule has 0 bridgehead atoms. The topological polar surface area (TPSA) is 96.0 Å². The van der Waals surface area contributed by atoms with Gasteiger partial charge in [0.2, 0.25) is 11.8 Å². The summed E-state index contributed by atoms with van der Waals surface area (Å²) in [6.07, 6.45) is 0.232. The predicted octanol–water partition coefficient (Wildman–Crippen LogP) is 6.33. The Morgan fingerprint density at radius 2 is 1.54 bits per heavy atom. The highest BCUT2D eigenvalue weighted by Crippen LogP contribution is 2.32. The van der Waals surface area contributed by atoms with Gasteiger partial charge in [-0.3, -0.25) is 13.9 Å². The van der Waals surface area contributed by atoms with Crippen LogP contribution in [-0.4, -0.2) is 50.9 Å². The molecule has 2 amide bonds. The third kappa shape index (κ3) is 8.47. The lowest BCUT2D eigenvalue weighted by atomic mass is 10.0. The van der Waals surface area contributed by atoms with Crippen LogP contribution in [0.5, 0.6) is 5.75 Å². The molecule has 0 aliphatic carbocycles. The summed E-state index contributed by atoms with van der Waals surface area (Å²) in [5.41, 5.74) is 3.71. The number of hydrogen-bond donors (Lipinski definition) is 1. The number of ether oxygens (including phenoxy) is 1. The lowest BCUT2D eigenvalue weighted by Gasteiger charge is -2.34. The number of anilines is 1. The van der Waals surface area contributed by atoms with E-state index in [-0.39, 0.29) is 40.5 Å². The molecular formula is C36H40ClN3O5S. The lowest BCUT2D eigenvalue weighted by Crippen LogP contribution is -2.54. The zero-order valence-electron chi connectivity index (χ0n) is 26.7. The lowest BCUT2D eigenvalue weighted by molar-refractivity contribution is -0.140. The Morgan fingerprint density at radius 3 is 2.15 bits per heavy atom. The monoisotopic (exact) mass is 661 g/mol. The molecular weight excluding hydrogens is 622 g/mol. The predicted molar refractivity (Wildman–Crippen MR) is 183 cm³/mol. The maximum Gasteiger partial charge on any atom is 0.264 e. The highest BCUT2D eigenvalue weighted by molar-refractivity contribution is 7.92. The average Bonchev–Trinajstić information content (AvgIpc) is 3.02. The molecule has 0 aromatic heterocycles.